The predicted molar refractivity (Wildman–Crippen MR) is 63.7 cm³/mol. The summed E-state index contributed by atoms with van der Waals surface area (Å²) in [5, 5.41) is 6.26. The number of hydrogen-bond acceptors (Lipinski definition) is 1. The molecule has 2 aliphatic rings. The Morgan fingerprint density at radius 1 is 1.00 bits per heavy atom. The molecule has 0 spiro atoms. The van der Waals surface area contributed by atoms with E-state index in [0.29, 0.717) is 24.0 Å². The van der Waals surface area contributed by atoms with Crippen molar-refractivity contribution in [2.24, 2.45) is 5.92 Å². The molecule has 17 heavy (non-hydrogen) atoms. The second-order valence-corrected chi connectivity index (χ2v) is 5.34. The first-order chi connectivity index (χ1) is 7.97. The minimum Gasteiger partial charge on any atom is -0.360 e. The fourth-order valence-electron chi connectivity index (χ4n) is 2.32. The van der Waals surface area contributed by atoms with Gasteiger partial charge in [-0.1, -0.05) is 12.8 Å². The van der Waals surface area contributed by atoms with Crippen molar-refractivity contribution >= 4 is 17.3 Å². The molecule has 2 unspecified atom stereocenters. The highest BCUT2D eigenvalue weighted by atomic mass is 32.1. The van der Waals surface area contributed by atoms with E-state index in [1.54, 1.807) is 0 Å². The first-order valence-corrected chi connectivity index (χ1v) is 6.51. The lowest BCUT2D eigenvalue weighted by Gasteiger charge is -2.34. The van der Waals surface area contributed by atoms with Gasteiger partial charge in [0.05, 0.1) is 5.92 Å². The van der Waals surface area contributed by atoms with Crippen LogP contribution in [0, 0.1) is 5.92 Å². The molecule has 2 N–H and O–H groups in total. The smallest absolute Gasteiger partial charge is 0.360 e. The van der Waals surface area contributed by atoms with Crippen LogP contribution in [0.5, 0.6) is 0 Å². The molecule has 2 rings (SSSR count). The highest BCUT2D eigenvalue weighted by molar-refractivity contribution is 7.80. The summed E-state index contributed by atoms with van der Waals surface area (Å²) in [5.74, 6) is -1.25. The highest BCUT2D eigenvalue weighted by Gasteiger charge is 2.45. The Labute approximate surface area is 104 Å². The van der Waals surface area contributed by atoms with Crippen LogP contribution >= 0.6 is 12.2 Å². The van der Waals surface area contributed by atoms with E-state index in [0.717, 1.165) is 19.3 Å². The van der Waals surface area contributed by atoms with Crippen LogP contribution in [0.2, 0.25) is 0 Å². The SMILES string of the molecule is FC(F)(F)C1CCCCC1NC(=S)NC1CC1. The van der Waals surface area contributed by atoms with Crippen LogP contribution in [0.4, 0.5) is 13.2 Å². The monoisotopic (exact) mass is 266 g/mol. The number of rotatable bonds is 2. The number of nitrogens with one attached hydrogen (secondary N) is 2. The average Bonchev–Trinajstić information content (AvgIpc) is 3.00. The fourth-order valence-corrected chi connectivity index (χ4v) is 2.64. The zero-order valence-corrected chi connectivity index (χ0v) is 10.3. The van der Waals surface area contributed by atoms with Gasteiger partial charge in [0.25, 0.3) is 0 Å². The van der Waals surface area contributed by atoms with Crippen molar-refractivity contribution in [2.45, 2.75) is 56.8 Å². The molecule has 0 aromatic heterocycles. The van der Waals surface area contributed by atoms with Crippen LogP contribution < -0.4 is 10.6 Å². The second kappa shape index (κ2) is 5.00. The van der Waals surface area contributed by atoms with E-state index in [2.05, 4.69) is 10.6 Å². The van der Waals surface area contributed by atoms with Crippen molar-refractivity contribution in [3.63, 3.8) is 0 Å². The number of alkyl halides is 3. The van der Waals surface area contributed by atoms with Crippen LogP contribution in [0.25, 0.3) is 0 Å². The minimum atomic E-state index is -4.12. The summed E-state index contributed by atoms with van der Waals surface area (Å²) >= 11 is 5.04. The molecule has 0 radical (unpaired) electrons. The van der Waals surface area contributed by atoms with Gasteiger partial charge >= 0.3 is 6.18 Å². The molecule has 6 heteroatoms. The molecule has 98 valence electrons. The van der Waals surface area contributed by atoms with Gasteiger partial charge in [-0.15, -0.1) is 0 Å². The summed E-state index contributed by atoms with van der Waals surface area (Å²) in [6.07, 6.45) is 0.281. The lowest BCUT2D eigenvalue weighted by molar-refractivity contribution is -0.187. The molecule has 2 nitrogen and oxygen atoms in total. The third kappa shape index (κ3) is 3.72. The van der Waals surface area contributed by atoms with Gasteiger partial charge in [-0.3, -0.25) is 0 Å². The molecule has 0 saturated heterocycles. The van der Waals surface area contributed by atoms with Gasteiger partial charge in [0.2, 0.25) is 0 Å². The van der Waals surface area contributed by atoms with Crippen LogP contribution in [0.3, 0.4) is 0 Å². The molecule has 0 aromatic carbocycles. The molecule has 2 aliphatic carbocycles. The Balaban J connectivity index is 1.88. The van der Waals surface area contributed by atoms with Gasteiger partial charge in [-0.25, -0.2) is 0 Å². The average molecular weight is 266 g/mol. The summed E-state index contributed by atoms with van der Waals surface area (Å²) in [7, 11) is 0. The summed E-state index contributed by atoms with van der Waals surface area (Å²) in [6.45, 7) is 0. The van der Waals surface area contributed by atoms with Crippen molar-refractivity contribution in [3.8, 4) is 0 Å². The standard InChI is InChI=1S/C11H17F3N2S/c12-11(13,14)8-3-1-2-4-9(8)16-10(17)15-7-5-6-7/h7-9H,1-6H2,(H2,15,16,17). The van der Waals surface area contributed by atoms with E-state index >= 15 is 0 Å². The number of hydrogen-bond donors (Lipinski definition) is 2. The van der Waals surface area contributed by atoms with E-state index in [1.807, 2.05) is 0 Å². The van der Waals surface area contributed by atoms with Gasteiger partial charge < -0.3 is 10.6 Å². The van der Waals surface area contributed by atoms with Gasteiger partial charge in [0.1, 0.15) is 0 Å². The Morgan fingerprint density at radius 3 is 2.24 bits per heavy atom. The van der Waals surface area contributed by atoms with Crippen molar-refractivity contribution in [2.75, 3.05) is 0 Å². The second-order valence-electron chi connectivity index (χ2n) is 4.93. The molecule has 2 fully saturated rings. The third-order valence-corrected chi connectivity index (χ3v) is 3.65. The summed E-state index contributed by atoms with van der Waals surface area (Å²) in [6, 6.07) is -0.176. The maximum absolute atomic E-state index is 12.8. The predicted octanol–water partition coefficient (Wildman–Crippen LogP) is 2.73. The Bertz CT molecular complexity index is 289. The van der Waals surface area contributed by atoms with Gasteiger partial charge in [-0.2, -0.15) is 13.2 Å². The van der Waals surface area contributed by atoms with Crippen molar-refractivity contribution in [1.29, 1.82) is 0 Å². The Hall–Kier alpha value is -0.520. The van der Waals surface area contributed by atoms with E-state index in [1.165, 1.54) is 0 Å². The van der Waals surface area contributed by atoms with Crippen molar-refractivity contribution < 1.29 is 13.2 Å². The number of halogens is 3. The van der Waals surface area contributed by atoms with E-state index in [-0.39, 0.29) is 6.42 Å². The number of thiocarbonyl (C=S) groups is 1. The molecule has 0 amide bonds. The van der Waals surface area contributed by atoms with Crippen LogP contribution in [-0.4, -0.2) is 23.4 Å². The summed E-state index contributed by atoms with van der Waals surface area (Å²) < 4.78 is 38.4. The third-order valence-electron chi connectivity index (χ3n) is 3.42. The lowest BCUT2D eigenvalue weighted by Crippen LogP contribution is -2.50. The molecule has 0 aromatic rings. The molecule has 0 aliphatic heterocycles. The van der Waals surface area contributed by atoms with Crippen LogP contribution in [0.15, 0.2) is 0 Å². The largest absolute Gasteiger partial charge is 0.393 e. The Kier molecular flexibility index (Phi) is 3.80. The van der Waals surface area contributed by atoms with Crippen LogP contribution in [0.1, 0.15) is 38.5 Å². The normalized spacial score (nSPS) is 29.8. The van der Waals surface area contributed by atoms with Crippen molar-refractivity contribution in [1.82, 2.24) is 10.6 Å². The molecule has 2 saturated carbocycles. The molecular formula is C11H17F3N2S. The van der Waals surface area contributed by atoms with Gasteiger partial charge in [-0.05, 0) is 37.9 Å². The minimum absolute atomic E-state index is 0.215. The Morgan fingerprint density at radius 2 is 1.65 bits per heavy atom. The summed E-state index contributed by atoms with van der Waals surface area (Å²) in [5.41, 5.74) is 0. The zero-order chi connectivity index (χ0) is 12.5. The maximum Gasteiger partial charge on any atom is 0.393 e. The quantitative estimate of drug-likeness (QED) is 0.752. The van der Waals surface area contributed by atoms with Gasteiger partial charge in [0, 0.05) is 12.1 Å². The van der Waals surface area contributed by atoms with E-state index in [4.69, 9.17) is 12.2 Å². The summed E-state index contributed by atoms with van der Waals surface area (Å²) in [4.78, 5) is 0. The topological polar surface area (TPSA) is 24.1 Å². The first-order valence-electron chi connectivity index (χ1n) is 6.10. The molecule has 0 heterocycles. The van der Waals surface area contributed by atoms with E-state index < -0.39 is 18.1 Å². The maximum atomic E-state index is 12.8. The van der Waals surface area contributed by atoms with Gasteiger partial charge in [0.15, 0.2) is 5.11 Å². The highest BCUT2D eigenvalue weighted by Crippen LogP contribution is 2.37. The first kappa shape index (κ1) is 12.9. The lowest BCUT2D eigenvalue weighted by atomic mass is 9.84. The van der Waals surface area contributed by atoms with Crippen molar-refractivity contribution in [3.05, 3.63) is 0 Å². The van der Waals surface area contributed by atoms with E-state index in [9.17, 15) is 13.2 Å². The fraction of sp³-hybridized carbons (Fsp3) is 0.909. The van der Waals surface area contributed by atoms with Crippen LogP contribution in [-0.2, 0) is 0 Å². The zero-order valence-electron chi connectivity index (χ0n) is 9.52. The molecule has 2 atom stereocenters. The molecule has 0 bridgehead atoms. The molecular weight excluding hydrogens is 249 g/mol.